The third-order valence-electron chi connectivity index (χ3n) is 3.00. The molecule has 0 saturated carbocycles. The minimum Gasteiger partial charge on any atom is -0.314 e. The van der Waals surface area contributed by atoms with Crippen LogP contribution in [0.15, 0.2) is 12.1 Å². The predicted octanol–water partition coefficient (Wildman–Crippen LogP) is 2.58. The summed E-state index contributed by atoms with van der Waals surface area (Å²) in [6, 6.07) is 2.92. The molecule has 17 heavy (non-hydrogen) atoms. The Morgan fingerprint density at radius 1 is 1.18 bits per heavy atom. The fraction of sp³-hybridized carbons (Fsp3) is 0.500. The highest BCUT2D eigenvalue weighted by Gasteiger charge is 2.11. The van der Waals surface area contributed by atoms with Crippen molar-refractivity contribution in [3.05, 3.63) is 33.6 Å². The Hall–Kier alpha value is -0.350. The molecule has 2 rings (SSSR count). The summed E-state index contributed by atoms with van der Waals surface area (Å²) in [5, 5.41) is 3.91. The third kappa shape index (κ3) is 3.55. The predicted molar refractivity (Wildman–Crippen MR) is 69.4 cm³/mol. The molecule has 0 bridgehead atoms. The van der Waals surface area contributed by atoms with E-state index in [4.69, 9.17) is 23.2 Å². The number of halogens is 3. The molecule has 0 spiro atoms. The van der Waals surface area contributed by atoms with Crippen molar-refractivity contribution in [1.29, 1.82) is 0 Å². The first kappa shape index (κ1) is 13.1. The standard InChI is InChI=1S/C12H15Cl2FN2/c13-10-8-12(15)11(14)7-9(10)1-4-17-5-2-16-3-6-17/h7-8,16H,1-6H2. The lowest BCUT2D eigenvalue weighted by Crippen LogP contribution is -2.44. The monoisotopic (exact) mass is 276 g/mol. The first-order valence-electron chi connectivity index (χ1n) is 5.73. The summed E-state index contributed by atoms with van der Waals surface area (Å²) in [6.07, 6.45) is 0.804. The molecule has 94 valence electrons. The largest absolute Gasteiger partial charge is 0.314 e. The second kappa shape index (κ2) is 6.01. The van der Waals surface area contributed by atoms with Crippen LogP contribution in [0, 0.1) is 5.82 Å². The van der Waals surface area contributed by atoms with Gasteiger partial charge in [-0.1, -0.05) is 23.2 Å². The van der Waals surface area contributed by atoms with E-state index >= 15 is 0 Å². The van der Waals surface area contributed by atoms with E-state index in [-0.39, 0.29) is 5.02 Å². The lowest BCUT2D eigenvalue weighted by atomic mass is 10.1. The van der Waals surface area contributed by atoms with Gasteiger partial charge in [0.1, 0.15) is 5.82 Å². The van der Waals surface area contributed by atoms with Gasteiger partial charge in [0.05, 0.1) is 5.02 Å². The van der Waals surface area contributed by atoms with Gasteiger partial charge in [0, 0.05) is 37.7 Å². The zero-order valence-corrected chi connectivity index (χ0v) is 11.0. The Labute approximate surface area is 111 Å². The van der Waals surface area contributed by atoms with Gasteiger partial charge < -0.3 is 10.2 Å². The maximum atomic E-state index is 13.1. The summed E-state index contributed by atoms with van der Waals surface area (Å²) in [6.45, 7) is 5.08. The van der Waals surface area contributed by atoms with Crippen LogP contribution < -0.4 is 5.32 Å². The molecule has 1 aromatic carbocycles. The Balaban J connectivity index is 1.96. The number of nitrogens with zero attached hydrogens (tertiary/aromatic N) is 1. The number of nitrogens with one attached hydrogen (secondary N) is 1. The van der Waals surface area contributed by atoms with Crippen molar-refractivity contribution in [3.63, 3.8) is 0 Å². The molecule has 1 N–H and O–H groups in total. The highest BCUT2D eigenvalue weighted by Crippen LogP contribution is 2.24. The number of rotatable bonds is 3. The number of benzene rings is 1. The fourth-order valence-corrected chi connectivity index (χ4v) is 2.40. The smallest absolute Gasteiger partial charge is 0.143 e. The van der Waals surface area contributed by atoms with Gasteiger partial charge in [-0.15, -0.1) is 0 Å². The number of piperazine rings is 1. The van der Waals surface area contributed by atoms with Crippen LogP contribution in [0.3, 0.4) is 0 Å². The molecule has 1 saturated heterocycles. The van der Waals surface area contributed by atoms with Gasteiger partial charge in [-0.05, 0) is 24.1 Å². The van der Waals surface area contributed by atoms with Crippen LogP contribution in [0.4, 0.5) is 4.39 Å². The molecular formula is C12H15Cl2FN2. The topological polar surface area (TPSA) is 15.3 Å². The first-order valence-corrected chi connectivity index (χ1v) is 6.49. The lowest BCUT2D eigenvalue weighted by Gasteiger charge is -2.27. The average molecular weight is 277 g/mol. The van der Waals surface area contributed by atoms with E-state index in [9.17, 15) is 4.39 Å². The van der Waals surface area contributed by atoms with Crippen LogP contribution in [0.5, 0.6) is 0 Å². The van der Waals surface area contributed by atoms with Crippen molar-refractivity contribution in [2.24, 2.45) is 0 Å². The van der Waals surface area contributed by atoms with Gasteiger partial charge in [0.2, 0.25) is 0 Å². The zero-order chi connectivity index (χ0) is 12.3. The normalized spacial score (nSPS) is 17.4. The first-order chi connectivity index (χ1) is 8.16. The van der Waals surface area contributed by atoms with Gasteiger partial charge in [0.15, 0.2) is 0 Å². The summed E-state index contributed by atoms with van der Waals surface area (Å²) in [5.74, 6) is -0.456. The molecule has 0 unspecified atom stereocenters. The van der Waals surface area contributed by atoms with Crippen LogP contribution in [-0.2, 0) is 6.42 Å². The second-order valence-corrected chi connectivity index (χ2v) is 5.01. The minimum absolute atomic E-state index is 0.143. The van der Waals surface area contributed by atoms with Crippen LogP contribution in [0.2, 0.25) is 10.0 Å². The van der Waals surface area contributed by atoms with E-state index < -0.39 is 5.82 Å². The fourth-order valence-electron chi connectivity index (χ4n) is 1.97. The summed E-state index contributed by atoms with van der Waals surface area (Å²) in [7, 11) is 0. The van der Waals surface area contributed by atoms with Crippen molar-refractivity contribution in [2.45, 2.75) is 6.42 Å². The Bertz CT molecular complexity index is 392. The van der Waals surface area contributed by atoms with Crippen molar-refractivity contribution in [3.8, 4) is 0 Å². The number of hydrogen-bond acceptors (Lipinski definition) is 2. The minimum atomic E-state index is -0.456. The molecule has 0 radical (unpaired) electrons. The number of hydrogen-bond donors (Lipinski definition) is 1. The summed E-state index contributed by atoms with van der Waals surface area (Å²) >= 11 is 11.7. The highest BCUT2D eigenvalue weighted by atomic mass is 35.5. The van der Waals surface area contributed by atoms with Crippen LogP contribution in [0.1, 0.15) is 5.56 Å². The van der Waals surface area contributed by atoms with Crippen molar-refractivity contribution >= 4 is 23.2 Å². The highest BCUT2D eigenvalue weighted by molar-refractivity contribution is 6.33. The van der Waals surface area contributed by atoms with E-state index in [1.807, 2.05) is 0 Å². The van der Waals surface area contributed by atoms with Crippen molar-refractivity contribution in [2.75, 3.05) is 32.7 Å². The lowest BCUT2D eigenvalue weighted by molar-refractivity contribution is 0.244. The van der Waals surface area contributed by atoms with E-state index in [1.165, 1.54) is 6.07 Å². The molecule has 0 atom stereocenters. The van der Waals surface area contributed by atoms with Crippen LogP contribution in [-0.4, -0.2) is 37.6 Å². The second-order valence-electron chi connectivity index (χ2n) is 4.20. The maximum Gasteiger partial charge on any atom is 0.143 e. The summed E-state index contributed by atoms with van der Waals surface area (Å²) in [5.41, 5.74) is 0.914. The molecule has 1 fully saturated rings. The van der Waals surface area contributed by atoms with Gasteiger partial charge in [-0.3, -0.25) is 0 Å². The van der Waals surface area contributed by atoms with Crippen molar-refractivity contribution < 1.29 is 4.39 Å². The third-order valence-corrected chi connectivity index (χ3v) is 3.64. The molecule has 2 nitrogen and oxygen atoms in total. The maximum absolute atomic E-state index is 13.1. The molecule has 5 heteroatoms. The van der Waals surface area contributed by atoms with E-state index in [1.54, 1.807) is 6.07 Å². The summed E-state index contributed by atoms with van der Waals surface area (Å²) in [4.78, 5) is 2.37. The van der Waals surface area contributed by atoms with Gasteiger partial charge >= 0.3 is 0 Å². The van der Waals surface area contributed by atoms with Crippen LogP contribution >= 0.6 is 23.2 Å². The average Bonchev–Trinajstić information content (AvgIpc) is 2.33. The molecule has 1 aliphatic heterocycles. The molecule has 0 amide bonds. The van der Waals surface area contributed by atoms with E-state index in [0.29, 0.717) is 5.02 Å². The molecule has 0 aliphatic carbocycles. The Kier molecular flexibility index (Phi) is 4.62. The van der Waals surface area contributed by atoms with E-state index in [2.05, 4.69) is 10.2 Å². The Morgan fingerprint density at radius 2 is 1.88 bits per heavy atom. The quantitative estimate of drug-likeness (QED) is 0.854. The Morgan fingerprint density at radius 3 is 2.59 bits per heavy atom. The molecule has 1 heterocycles. The molecule has 0 aromatic heterocycles. The molecule has 1 aromatic rings. The molecular weight excluding hydrogens is 262 g/mol. The van der Waals surface area contributed by atoms with Gasteiger partial charge in [-0.25, -0.2) is 4.39 Å². The zero-order valence-electron chi connectivity index (χ0n) is 9.48. The van der Waals surface area contributed by atoms with Crippen LogP contribution in [0.25, 0.3) is 0 Å². The van der Waals surface area contributed by atoms with Gasteiger partial charge in [0.25, 0.3) is 0 Å². The molecule has 1 aliphatic rings. The summed E-state index contributed by atoms with van der Waals surface area (Å²) < 4.78 is 13.1. The van der Waals surface area contributed by atoms with E-state index in [0.717, 1.165) is 44.7 Å². The SMILES string of the molecule is Fc1cc(Cl)c(CCN2CCNCC2)cc1Cl. The van der Waals surface area contributed by atoms with Gasteiger partial charge in [-0.2, -0.15) is 0 Å². The van der Waals surface area contributed by atoms with Crippen molar-refractivity contribution in [1.82, 2.24) is 10.2 Å².